The monoisotopic (exact) mass is 242 g/mol. The summed E-state index contributed by atoms with van der Waals surface area (Å²) in [5.41, 5.74) is -1.06. The molecule has 16 heavy (non-hydrogen) atoms. The van der Waals surface area contributed by atoms with Crippen molar-refractivity contribution in [2.75, 3.05) is 21.3 Å². The van der Waals surface area contributed by atoms with Crippen molar-refractivity contribution in [2.45, 2.75) is 18.9 Å². The molecule has 0 rings (SSSR count). The van der Waals surface area contributed by atoms with E-state index in [0.29, 0.717) is 6.08 Å². The topological polar surface area (TPSA) is 44.8 Å². The van der Waals surface area contributed by atoms with Gasteiger partial charge >= 0.3 is 12.1 Å². The van der Waals surface area contributed by atoms with Gasteiger partial charge in [0.15, 0.2) is 6.29 Å². The molecule has 0 saturated carbocycles. The normalized spacial score (nSPS) is 13.1. The van der Waals surface area contributed by atoms with Crippen LogP contribution >= 0.6 is 0 Å². The van der Waals surface area contributed by atoms with Gasteiger partial charge in [0, 0.05) is 19.8 Å². The molecule has 0 aromatic carbocycles. The Bertz CT molecular complexity index is 256. The lowest BCUT2D eigenvalue weighted by molar-refractivity contribution is -0.143. The average molecular weight is 242 g/mol. The van der Waals surface area contributed by atoms with Crippen LogP contribution in [0.3, 0.4) is 0 Å². The molecule has 0 aliphatic carbocycles. The molecule has 0 amide bonds. The van der Waals surface area contributed by atoms with Crippen molar-refractivity contribution in [2.24, 2.45) is 0 Å². The highest BCUT2D eigenvalue weighted by Crippen LogP contribution is 2.29. The number of carbonyl (C=O) groups excluding carboxylic acids is 1. The third-order valence-corrected chi connectivity index (χ3v) is 1.73. The quantitative estimate of drug-likeness (QED) is 0.418. The van der Waals surface area contributed by atoms with E-state index in [-0.39, 0.29) is 0 Å². The van der Waals surface area contributed by atoms with E-state index in [2.05, 4.69) is 14.2 Å². The maximum Gasteiger partial charge on any atom is 0.413 e. The van der Waals surface area contributed by atoms with E-state index in [1.807, 2.05) is 0 Å². The lowest BCUT2D eigenvalue weighted by atomic mass is 10.1. The van der Waals surface area contributed by atoms with E-state index in [1.165, 1.54) is 14.2 Å². The first-order valence-corrected chi connectivity index (χ1v) is 4.25. The zero-order valence-electron chi connectivity index (χ0n) is 9.13. The fraction of sp³-hybridized carbons (Fsp3) is 0.667. The zero-order chi connectivity index (χ0) is 12.8. The molecule has 0 aliphatic rings. The number of hydrogen-bond donors (Lipinski definition) is 0. The fourth-order valence-electron chi connectivity index (χ4n) is 0.878. The van der Waals surface area contributed by atoms with E-state index in [4.69, 9.17) is 0 Å². The maximum atomic E-state index is 12.5. The summed E-state index contributed by atoms with van der Waals surface area (Å²) in [4.78, 5) is 10.8. The minimum Gasteiger partial charge on any atom is -0.469 e. The van der Waals surface area contributed by atoms with Crippen molar-refractivity contribution in [3.63, 3.8) is 0 Å². The van der Waals surface area contributed by atoms with Crippen LogP contribution in [0.15, 0.2) is 11.6 Å². The smallest absolute Gasteiger partial charge is 0.413 e. The number of hydrogen-bond acceptors (Lipinski definition) is 4. The SMILES string of the molecule is COC(=O)C/C(=C\C(OC)OC)C(F)(F)F. The van der Waals surface area contributed by atoms with Crippen molar-refractivity contribution < 1.29 is 32.2 Å². The molecule has 0 heterocycles. The van der Waals surface area contributed by atoms with Crippen molar-refractivity contribution in [3.8, 4) is 0 Å². The van der Waals surface area contributed by atoms with E-state index in [0.717, 1.165) is 7.11 Å². The van der Waals surface area contributed by atoms with Crippen LogP contribution in [0.25, 0.3) is 0 Å². The molecular weight excluding hydrogens is 229 g/mol. The van der Waals surface area contributed by atoms with Gasteiger partial charge in [-0.3, -0.25) is 4.79 Å². The summed E-state index contributed by atoms with van der Waals surface area (Å²) in [6, 6.07) is 0. The summed E-state index contributed by atoms with van der Waals surface area (Å²) in [6.45, 7) is 0. The first-order valence-electron chi connectivity index (χ1n) is 4.25. The van der Waals surface area contributed by atoms with Crippen LogP contribution in [0.5, 0.6) is 0 Å². The molecule has 94 valence electrons. The van der Waals surface area contributed by atoms with Gasteiger partial charge < -0.3 is 14.2 Å². The third-order valence-electron chi connectivity index (χ3n) is 1.73. The van der Waals surface area contributed by atoms with Gasteiger partial charge in [-0.25, -0.2) is 0 Å². The number of halogens is 3. The summed E-state index contributed by atoms with van der Waals surface area (Å²) in [7, 11) is 3.40. The van der Waals surface area contributed by atoms with E-state index in [9.17, 15) is 18.0 Å². The third kappa shape index (κ3) is 5.13. The van der Waals surface area contributed by atoms with Crippen molar-refractivity contribution in [1.29, 1.82) is 0 Å². The van der Waals surface area contributed by atoms with Crippen LogP contribution in [-0.4, -0.2) is 39.8 Å². The van der Waals surface area contributed by atoms with Gasteiger partial charge in [0.1, 0.15) is 0 Å². The van der Waals surface area contributed by atoms with Crippen LogP contribution in [0.4, 0.5) is 13.2 Å². The number of ether oxygens (including phenoxy) is 3. The molecule has 4 nitrogen and oxygen atoms in total. The first-order chi connectivity index (χ1) is 7.35. The molecule has 0 N–H and O–H groups in total. The zero-order valence-corrected chi connectivity index (χ0v) is 9.13. The van der Waals surface area contributed by atoms with Gasteiger partial charge in [-0.05, 0) is 6.08 Å². The molecule has 0 unspecified atom stereocenters. The molecule has 0 aromatic rings. The van der Waals surface area contributed by atoms with Crippen LogP contribution in [0.1, 0.15) is 6.42 Å². The second-order valence-electron chi connectivity index (χ2n) is 2.78. The Kier molecular flexibility index (Phi) is 6.05. The summed E-state index contributed by atoms with van der Waals surface area (Å²) < 4.78 is 50.7. The Morgan fingerprint density at radius 2 is 1.75 bits per heavy atom. The molecule has 0 saturated heterocycles. The maximum absolute atomic E-state index is 12.5. The van der Waals surface area contributed by atoms with Gasteiger partial charge in [0.25, 0.3) is 0 Å². The van der Waals surface area contributed by atoms with Crippen LogP contribution in [-0.2, 0) is 19.0 Å². The van der Waals surface area contributed by atoms with Crippen LogP contribution in [0, 0.1) is 0 Å². The fourth-order valence-corrected chi connectivity index (χ4v) is 0.878. The highest BCUT2D eigenvalue weighted by atomic mass is 19.4. The second kappa shape index (κ2) is 6.49. The predicted molar refractivity (Wildman–Crippen MR) is 48.6 cm³/mol. The lowest BCUT2D eigenvalue weighted by Crippen LogP contribution is -2.20. The standard InChI is InChI=1S/C9H13F3O4/c1-14-7(13)4-6(9(10,11)12)5-8(15-2)16-3/h5,8H,4H2,1-3H3/b6-5+. The molecule has 0 fully saturated rings. The number of alkyl halides is 3. The van der Waals surface area contributed by atoms with Crippen LogP contribution < -0.4 is 0 Å². The summed E-state index contributed by atoms with van der Waals surface area (Å²) >= 11 is 0. The summed E-state index contributed by atoms with van der Waals surface area (Å²) in [5, 5.41) is 0. The molecule has 7 heteroatoms. The van der Waals surface area contributed by atoms with Crippen molar-refractivity contribution in [1.82, 2.24) is 0 Å². The van der Waals surface area contributed by atoms with Crippen LogP contribution in [0.2, 0.25) is 0 Å². The Balaban J connectivity index is 4.86. The average Bonchev–Trinajstić information content (AvgIpc) is 2.22. The number of rotatable bonds is 5. The molecule has 0 aliphatic heterocycles. The molecule has 0 spiro atoms. The Morgan fingerprint density at radius 3 is 2.06 bits per heavy atom. The Hall–Kier alpha value is -1.08. The first kappa shape index (κ1) is 14.9. The Labute approximate surface area is 91.0 Å². The van der Waals surface area contributed by atoms with E-state index in [1.54, 1.807) is 0 Å². The minimum atomic E-state index is -4.62. The van der Waals surface area contributed by atoms with Crippen molar-refractivity contribution in [3.05, 3.63) is 11.6 Å². The molecule has 0 radical (unpaired) electrons. The van der Waals surface area contributed by atoms with Gasteiger partial charge in [-0.2, -0.15) is 13.2 Å². The minimum absolute atomic E-state index is 0.691. The second-order valence-corrected chi connectivity index (χ2v) is 2.78. The molecule has 0 aromatic heterocycles. The molecular formula is C9H13F3O4. The van der Waals surface area contributed by atoms with Crippen molar-refractivity contribution >= 4 is 5.97 Å². The highest BCUT2D eigenvalue weighted by Gasteiger charge is 2.35. The van der Waals surface area contributed by atoms with Gasteiger partial charge in [0.05, 0.1) is 13.5 Å². The predicted octanol–water partition coefficient (Wildman–Crippen LogP) is 1.66. The summed E-state index contributed by atoms with van der Waals surface area (Å²) in [6.07, 6.45) is -5.95. The summed E-state index contributed by atoms with van der Waals surface area (Å²) in [5.74, 6) is -0.977. The molecule has 0 bridgehead atoms. The highest BCUT2D eigenvalue weighted by molar-refractivity contribution is 5.72. The van der Waals surface area contributed by atoms with E-state index < -0.39 is 30.4 Å². The van der Waals surface area contributed by atoms with Gasteiger partial charge in [0.2, 0.25) is 0 Å². The van der Waals surface area contributed by atoms with E-state index >= 15 is 0 Å². The number of esters is 1. The van der Waals surface area contributed by atoms with Gasteiger partial charge in [-0.15, -0.1) is 0 Å². The largest absolute Gasteiger partial charge is 0.469 e. The number of methoxy groups -OCH3 is 3. The van der Waals surface area contributed by atoms with Gasteiger partial charge in [-0.1, -0.05) is 0 Å². The lowest BCUT2D eigenvalue weighted by Gasteiger charge is -2.14. The number of carbonyl (C=O) groups is 1. The molecule has 0 atom stereocenters. The Morgan fingerprint density at radius 1 is 1.25 bits per heavy atom.